The Morgan fingerprint density at radius 3 is 1.66 bits per heavy atom. The number of esters is 1. The minimum atomic E-state index is -1.06. The molecule has 2 aliphatic rings. The van der Waals surface area contributed by atoms with Crippen LogP contribution in [0.15, 0.2) is 36.4 Å². The molecule has 336 valence electrons. The molecule has 6 N–H and O–H groups in total. The summed E-state index contributed by atoms with van der Waals surface area (Å²) in [5.74, 6) is -6.30. The molecule has 1 saturated heterocycles. The Bertz CT molecular complexity index is 1730. The number of carboxylic acids is 3. The lowest BCUT2D eigenvalue weighted by Crippen LogP contribution is -2.49. The highest BCUT2D eigenvalue weighted by molar-refractivity contribution is 6.12. The third kappa shape index (κ3) is 19.4. The Balaban J connectivity index is 1.56. The fourth-order valence-corrected chi connectivity index (χ4v) is 6.47. The molecule has 1 fully saturated rings. The van der Waals surface area contributed by atoms with Crippen LogP contribution in [0.3, 0.4) is 0 Å². The molecule has 0 bridgehead atoms. The molecule has 5 amide bonds. The number of hydrogen-bond acceptors (Lipinski definition) is 14. The number of nitrogens with one attached hydrogen (secondary N) is 3. The zero-order chi connectivity index (χ0) is 45.1. The summed E-state index contributed by atoms with van der Waals surface area (Å²) in [5.41, 5.74) is -0.0650. The summed E-state index contributed by atoms with van der Waals surface area (Å²) in [6.45, 7) is 5.82. The SMILES string of the molecule is CC(C)(C)OC(=O)[C@H](CCCCN1C(=O)C=CC1=O)NC(=O)CNC(=O)c1cccc(CNC(=O)CN2CCN(CC(=O)O)CCN(CC(=O)O)CCN(CC(=O)O)CC2)c1. The quantitative estimate of drug-likeness (QED) is 0.0491. The molecule has 3 rings (SSSR count). The van der Waals surface area contributed by atoms with Crippen molar-refractivity contribution in [3.63, 3.8) is 0 Å². The molecular weight excluding hydrogens is 800 g/mol. The van der Waals surface area contributed by atoms with Crippen LogP contribution in [-0.2, 0) is 49.6 Å². The molecule has 61 heavy (non-hydrogen) atoms. The van der Waals surface area contributed by atoms with E-state index in [1.165, 1.54) is 18.2 Å². The molecule has 0 spiro atoms. The van der Waals surface area contributed by atoms with Crippen molar-refractivity contribution in [1.82, 2.24) is 40.4 Å². The van der Waals surface area contributed by atoms with Crippen LogP contribution < -0.4 is 16.0 Å². The first-order valence-corrected chi connectivity index (χ1v) is 20.0. The van der Waals surface area contributed by atoms with Crippen LogP contribution in [0.2, 0.25) is 0 Å². The van der Waals surface area contributed by atoms with E-state index in [1.807, 2.05) is 0 Å². The second-order valence-electron chi connectivity index (χ2n) is 15.8. The fourth-order valence-electron chi connectivity index (χ4n) is 6.47. The van der Waals surface area contributed by atoms with Gasteiger partial charge in [0.1, 0.15) is 11.6 Å². The van der Waals surface area contributed by atoms with Gasteiger partial charge in [0, 0.05) is 83.2 Å². The number of carbonyl (C=O) groups is 9. The topological polar surface area (TPSA) is 276 Å². The molecule has 0 saturated carbocycles. The van der Waals surface area contributed by atoms with E-state index >= 15 is 0 Å². The van der Waals surface area contributed by atoms with Crippen LogP contribution >= 0.6 is 0 Å². The first-order chi connectivity index (χ1) is 28.8. The van der Waals surface area contributed by atoms with Crippen molar-refractivity contribution in [3.8, 4) is 0 Å². The Morgan fingerprint density at radius 2 is 1.18 bits per heavy atom. The number of unbranched alkanes of at least 4 members (excludes halogenated alkanes) is 1. The Morgan fingerprint density at radius 1 is 0.689 bits per heavy atom. The highest BCUT2D eigenvalue weighted by atomic mass is 16.6. The van der Waals surface area contributed by atoms with Gasteiger partial charge in [-0.25, -0.2) is 4.79 Å². The highest BCUT2D eigenvalue weighted by Gasteiger charge is 2.28. The molecule has 2 heterocycles. The van der Waals surface area contributed by atoms with Crippen LogP contribution in [-0.4, -0.2) is 197 Å². The van der Waals surface area contributed by atoms with Crippen molar-refractivity contribution < 1.29 is 63.2 Å². The van der Waals surface area contributed by atoms with Crippen LogP contribution in [0.1, 0.15) is 56.0 Å². The van der Waals surface area contributed by atoms with Crippen LogP contribution in [0, 0.1) is 0 Å². The Kier molecular flexibility index (Phi) is 19.9. The molecule has 21 nitrogen and oxygen atoms in total. The molecule has 1 aromatic rings. The monoisotopic (exact) mass is 858 g/mol. The van der Waals surface area contributed by atoms with Crippen LogP contribution in [0.4, 0.5) is 0 Å². The molecule has 0 aromatic heterocycles. The van der Waals surface area contributed by atoms with Gasteiger partial charge in [-0.05, 0) is 57.7 Å². The Hall–Kier alpha value is -5.77. The van der Waals surface area contributed by atoms with Crippen molar-refractivity contribution in [1.29, 1.82) is 0 Å². The van der Waals surface area contributed by atoms with E-state index in [2.05, 4.69) is 16.0 Å². The van der Waals surface area contributed by atoms with Crippen molar-refractivity contribution in [2.24, 2.45) is 0 Å². The minimum Gasteiger partial charge on any atom is -0.480 e. The van der Waals surface area contributed by atoms with Gasteiger partial charge in [-0.1, -0.05) is 12.1 Å². The lowest BCUT2D eigenvalue weighted by Gasteiger charge is -2.32. The van der Waals surface area contributed by atoms with Gasteiger partial charge in [0.2, 0.25) is 11.8 Å². The first-order valence-electron chi connectivity index (χ1n) is 20.0. The van der Waals surface area contributed by atoms with Gasteiger partial charge < -0.3 is 36.0 Å². The lowest BCUT2D eigenvalue weighted by molar-refractivity contribution is -0.159. The number of rotatable bonds is 20. The number of hydrogen-bond donors (Lipinski definition) is 6. The van der Waals surface area contributed by atoms with Gasteiger partial charge in [-0.3, -0.25) is 62.9 Å². The van der Waals surface area contributed by atoms with Gasteiger partial charge in [-0.2, -0.15) is 0 Å². The third-order valence-corrected chi connectivity index (χ3v) is 9.51. The predicted molar refractivity (Wildman–Crippen MR) is 217 cm³/mol. The van der Waals surface area contributed by atoms with E-state index in [1.54, 1.807) is 58.6 Å². The summed E-state index contributed by atoms with van der Waals surface area (Å²) in [7, 11) is 0. The van der Waals surface area contributed by atoms with E-state index in [9.17, 15) is 58.5 Å². The molecule has 21 heteroatoms. The van der Waals surface area contributed by atoms with Crippen molar-refractivity contribution in [3.05, 3.63) is 47.5 Å². The first kappa shape index (κ1) is 49.6. The summed E-state index contributed by atoms with van der Waals surface area (Å²) in [6.07, 6.45) is 3.29. The maximum atomic E-state index is 13.2. The van der Waals surface area contributed by atoms with Gasteiger partial charge in [0.25, 0.3) is 17.7 Å². The summed E-state index contributed by atoms with van der Waals surface area (Å²) >= 11 is 0. The maximum Gasteiger partial charge on any atom is 0.329 e. The maximum absolute atomic E-state index is 13.2. The summed E-state index contributed by atoms with van der Waals surface area (Å²) in [5, 5.41) is 36.2. The second-order valence-corrected chi connectivity index (χ2v) is 15.8. The summed E-state index contributed by atoms with van der Waals surface area (Å²) in [6, 6.07) is 5.31. The average Bonchev–Trinajstić information content (AvgIpc) is 3.49. The van der Waals surface area contributed by atoms with Gasteiger partial charge >= 0.3 is 23.9 Å². The zero-order valence-electron chi connectivity index (χ0n) is 34.9. The molecule has 1 atom stereocenters. The number of carboxylic acid groups (broad SMARTS) is 3. The lowest BCUT2D eigenvalue weighted by atomic mass is 10.1. The normalized spacial score (nSPS) is 16.9. The van der Waals surface area contributed by atoms with Gasteiger partial charge in [-0.15, -0.1) is 0 Å². The van der Waals surface area contributed by atoms with Crippen LogP contribution in [0.5, 0.6) is 0 Å². The standard InChI is InChI=1S/C40H58N8O13/c1-40(2,3)61-39(60)30(9-4-5-12-48-33(51)10-11-34(48)52)43-31(49)23-42-38(59)29-8-6-7-28(21-29)22-41-32(50)24-44-13-15-45(25-35(53)54)17-19-47(27-37(57)58)20-18-46(16-14-44)26-36(55)56/h6-8,10-11,21,30H,4-5,9,12-20,22-27H2,1-3H3,(H,41,50)(H,42,59)(H,43,49)(H,53,54)(H,55,56)(H,57,58)/t30-/m0/s1. The highest BCUT2D eigenvalue weighted by Crippen LogP contribution is 2.13. The number of imide groups is 1. The average molecular weight is 859 g/mol. The van der Waals surface area contributed by atoms with E-state index in [0.717, 1.165) is 4.90 Å². The predicted octanol–water partition coefficient (Wildman–Crippen LogP) is -1.57. The molecule has 2 aliphatic heterocycles. The number of carbonyl (C=O) groups excluding carboxylic acids is 6. The van der Waals surface area contributed by atoms with Gasteiger partial charge in [0.15, 0.2) is 0 Å². The second kappa shape index (κ2) is 24.5. The van der Waals surface area contributed by atoms with E-state index in [-0.39, 0.29) is 110 Å². The van der Waals surface area contributed by atoms with Crippen molar-refractivity contribution >= 4 is 53.4 Å². The molecule has 0 aliphatic carbocycles. The van der Waals surface area contributed by atoms with E-state index in [0.29, 0.717) is 18.4 Å². The number of nitrogens with zero attached hydrogens (tertiary/aromatic N) is 5. The zero-order valence-corrected chi connectivity index (χ0v) is 34.9. The molecule has 1 aromatic carbocycles. The largest absolute Gasteiger partial charge is 0.480 e. The van der Waals surface area contributed by atoms with E-state index in [4.69, 9.17) is 4.74 Å². The fraction of sp³-hybridized carbons (Fsp3) is 0.575. The summed E-state index contributed by atoms with van der Waals surface area (Å²) < 4.78 is 5.47. The Labute approximate surface area is 354 Å². The minimum absolute atomic E-state index is 0.0398. The van der Waals surface area contributed by atoms with Crippen molar-refractivity contribution in [2.75, 3.05) is 91.6 Å². The molecular formula is C40H58N8O13. The smallest absolute Gasteiger partial charge is 0.329 e. The van der Waals surface area contributed by atoms with Crippen LogP contribution in [0.25, 0.3) is 0 Å². The molecule has 0 unspecified atom stereocenters. The third-order valence-electron chi connectivity index (χ3n) is 9.51. The number of ether oxygens (including phenoxy) is 1. The number of benzene rings is 1. The van der Waals surface area contributed by atoms with Gasteiger partial charge in [0.05, 0.1) is 32.7 Å². The summed E-state index contributed by atoms with van der Waals surface area (Å²) in [4.78, 5) is 118. The van der Waals surface area contributed by atoms with Crippen molar-refractivity contribution in [2.45, 2.75) is 58.2 Å². The van der Waals surface area contributed by atoms with E-state index < -0.39 is 65.7 Å². The number of amides is 5. The number of aliphatic carboxylic acids is 3. The molecule has 0 radical (unpaired) electrons.